The van der Waals surface area contributed by atoms with E-state index in [0.29, 0.717) is 18.5 Å². The van der Waals surface area contributed by atoms with Gasteiger partial charge in [-0.05, 0) is 24.1 Å². The molecule has 4 rings (SSSR count). The average Bonchev–Trinajstić information content (AvgIpc) is 2.92. The molecule has 1 atom stereocenters. The molecular formula is C17H20N4O3. The molecule has 3 aliphatic heterocycles. The number of nitrogens with one attached hydrogen (secondary N) is 2. The number of hydrogen-bond donors (Lipinski definition) is 2. The van der Waals surface area contributed by atoms with E-state index in [1.165, 1.54) is 0 Å². The fourth-order valence-corrected chi connectivity index (χ4v) is 3.66. The number of piperidine rings is 1. The molecule has 0 radical (unpaired) electrons. The number of nitrogens with zero attached hydrogens (tertiary/aromatic N) is 2. The number of anilines is 1. The molecular weight excluding hydrogens is 308 g/mol. The summed E-state index contributed by atoms with van der Waals surface area (Å²) in [5.74, 6) is -0.743. The van der Waals surface area contributed by atoms with E-state index in [-0.39, 0.29) is 24.1 Å². The van der Waals surface area contributed by atoms with Gasteiger partial charge in [-0.25, -0.2) is 0 Å². The van der Waals surface area contributed by atoms with E-state index in [0.717, 1.165) is 37.4 Å². The van der Waals surface area contributed by atoms with Crippen LogP contribution in [0.2, 0.25) is 0 Å². The van der Waals surface area contributed by atoms with Crippen molar-refractivity contribution in [3.8, 4) is 0 Å². The Bertz CT molecular complexity index is 712. The second kappa shape index (κ2) is 5.90. The molecule has 0 spiro atoms. The molecule has 0 saturated carbocycles. The maximum atomic E-state index is 12.8. The molecule has 3 heterocycles. The third-order valence-electron chi connectivity index (χ3n) is 4.99. The van der Waals surface area contributed by atoms with Crippen LogP contribution in [0.15, 0.2) is 18.2 Å². The number of amides is 3. The lowest BCUT2D eigenvalue weighted by molar-refractivity contribution is -0.136. The van der Waals surface area contributed by atoms with Gasteiger partial charge in [0.25, 0.3) is 5.91 Å². The molecule has 0 aromatic heterocycles. The van der Waals surface area contributed by atoms with Crippen molar-refractivity contribution < 1.29 is 14.4 Å². The Kier molecular flexibility index (Phi) is 3.72. The first-order valence-corrected chi connectivity index (χ1v) is 8.37. The summed E-state index contributed by atoms with van der Waals surface area (Å²) in [6, 6.07) is 5.42. The number of piperazine rings is 1. The predicted molar refractivity (Wildman–Crippen MR) is 87.6 cm³/mol. The monoisotopic (exact) mass is 328 g/mol. The van der Waals surface area contributed by atoms with Crippen LogP contribution in [0.1, 0.15) is 28.8 Å². The molecule has 0 aliphatic carbocycles. The Balaban J connectivity index is 1.56. The van der Waals surface area contributed by atoms with E-state index < -0.39 is 6.04 Å². The predicted octanol–water partition coefficient (Wildman–Crippen LogP) is -0.143. The Morgan fingerprint density at radius 1 is 1.08 bits per heavy atom. The SMILES string of the molecule is O=C1CC[C@H](N2Cc3ccc(N4CCNCC4)cc3C2=O)C(=O)N1. The maximum absolute atomic E-state index is 12.8. The highest BCUT2D eigenvalue weighted by Gasteiger charge is 2.39. The fraction of sp³-hybridized carbons (Fsp3) is 0.471. The second-order valence-electron chi connectivity index (χ2n) is 6.48. The van der Waals surface area contributed by atoms with Crippen LogP contribution in [0.25, 0.3) is 0 Å². The molecule has 2 fully saturated rings. The number of imide groups is 1. The number of carbonyl (C=O) groups is 3. The summed E-state index contributed by atoms with van der Waals surface area (Å²) in [6.07, 6.45) is 0.678. The van der Waals surface area contributed by atoms with E-state index >= 15 is 0 Å². The minimum absolute atomic E-state index is 0.114. The van der Waals surface area contributed by atoms with Crippen molar-refractivity contribution in [1.82, 2.24) is 15.5 Å². The van der Waals surface area contributed by atoms with Gasteiger partial charge >= 0.3 is 0 Å². The van der Waals surface area contributed by atoms with Crippen LogP contribution in [0.4, 0.5) is 5.69 Å². The zero-order chi connectivity index (χ0) is 16.7. The fourth-order valence-electron chi connectivity index (χ4n) is 3.66. The first-order valence-electron chi connectivity index (χ1n) is 8.37. The van der Waals surface area contributed by atoms with E-state index in [1.807, 2.05) is 18.2 Å². The summed E-state index contributed by atoms with van der Waals surface area (Å²) in [5, 5.41) is 5.65. The lowest BCUT2D eigenvalue weighted by atomic mass is 10.0. The van der Waals surface area contributed by atoms with Crippen molar-refractivity contribution in [1.29, 1.82) is 0 Å². The van der Waals surface area contributed by atoms with Crippen molar-refractivity contribution in [2.24, 2.45) is 0 Å². The maximum Gasteiger partial charge on any atom is 0.255 e. The highest BCUT2D eigenvalue weighted by Crippen LogP contribution is 2.30. The summed E-state index contributed by atoms with van der Waals surface area (Å²) in [6.45, 7) is 4.15. The van der Waals surface area contributed by atoms with Crippen molar-refractivity contribution >= 4 is 23.4 Å². The number of rotatable bonds is 2. The highest BCUT2D eigenvalue weighted by molar-refractivity contribution is 6.05. The number of hydrogen-bond acceptors (Lipinski definition) is 5. The molecule has 1 aromatic rings. The van der Waals surface area contributed by atoms with E-state index in [2.05, 4.69) is 15.5 Å². The molecule has 3 amide bonds. The lowest BCUT2D eigenvalue weighted by Crippen LogP contribution is -2.52. The number of benzene rings is 1. The Morgan fingerprint density at radius 2 is 1.88 bits per heavy atom. The normalized spacial score (nSPS) is 24.2. The van der Waals surface area contributed by atoms with E-state index in [4.69, 9.17) is 0 Å². The van der Waals surface area contributed by atoms with Gasteiger partial charge in [0.15, 0.2) is 0 Å². The summed E-state index contributed by atoms with van der Waals surface area (Å²) in [5.41, 5.74) is 2.67. The minimum Gasteiger partial charge on any atom is -0.369 e. The van der Waals surface area contributed by atoms with Gasteiger partial charge in [0.2, 0.25) is 11.8 Å². The summed E-state index contributed by atoms with van der Waals surface area (Å²) in [4.78, 5) is 40.0. The van der Waals surface area contributed by atoms with Crippen molar-refractivity contribution in [3.63, 3.8) is 0 Å². The quantitative estimate of drug-likeness (QED) is 0.739. The van der Waals surface area contributed by atoms with Crippen molar-refractivity contribution in [2.45, 2.75) is 25.4 Å². The molecule has 2 N–H and O–H groups in total. The summed E-state index contributed by atoms with van der Waals surface area (Å²) < 4.78 is 0. The van der Waals surface area contributed by atoms with Crippen molar-refractivity contribution in [2.75, 3.05) is 31.1 Å². The second-order valence-corrected chi connectivity index (χ2v) is 6.48. The molecule has 1 aromatic carbocycles. The summed E-state index contributed by atoms with van der Waals surface area (Å²) >= 11 is 0. The van der Waals surface area contributed by atoms with Crippen LogP contribution >= 0.6 is 0 Å². The summed E-state index contributed by atoms with van der Waals surface area (Å²) in [7, 11) is 0. The van der Waals surface area contributed by atoms with Gasteiger partial charge in [-0.3, -0.25) is 19.7 Å². The molecule has 3 aliphatic rings. The molecule has 24 heavy (non-hydrogen) atoms. The number of carbonyl (C=O) groups excluding carboxylic acids is 3. The van der Waals surface area contributed by atoms with Gasteiger partial charge in [-0.1, -0.05) is 6.07 Å². The number of fused-ring (bicyclic) bond motifs is 1. The van der Waals surface area contributed by atoms with E-state index in [9.17, 15) is 14.4 Å². The smallest absolute Gasteiger partial charge is 0.255 e. The minimum atomic E-state index is -0.551. The Hall–Kier alpha value is -2.41. The van der Waals surface area contributed by atoms with Gasteiger partial charge < -0.3 is 15.1 Å². The third kappa shape index (κ3) is 2.54. The van der Waals surface area contributed by atoms with Crippen LogP contribution in [-0.4, -0.2) is 54.8 Å². The van der Waals surface area contributed by atoms with Crippen LogP contribution in [0.5, 0.6) is 0 Å². The molecule has 7 nitrogen and oxygen atoms in total. The standard InChI is InChI=1S/C17H20N4O3/c22-15-4-3-14(16(23)19-15)21-10-11-1-2-12(9-13(11)17(21)24)20-7-5-18-6-8-20/h1-2,9,14,18H,3-8,10H2,(H,19,22,23)/t14-/m0/s1. The van der Waals surface area contributed by atoms with Gasteiger partial charge in [0.1, 0.15) is 6.04 Å². The lowest BCUT2D eigenvalue weighted by Gasteiger charge is -2.30. The largest absolute Gasteiger partial charge is 0.369 e. The van der Waals surface area contributed by atoms with Crippen LogP contribution in [0, 0.1) is 0 Å². The molecule has 0 bridgehead atoms. The first-order chi connectivity index (χ1) is 11.6. The van der Waals surface area contributed by atoms with Gasteiger partial charge in [0.05, 0.1) is 0 Å². The topological polar surface area (TPSA) is 81.8 Å². The van der Waals surface area contributed by atoms with Crippen LogP contribution in [0.3, 0.4) is 0 Å². The Labute approximate surface area is 140 Å². The van der Waals surface area contributed by atoms with Crippen LogP contribution < -0.4 is 15.5 Å². The van der Waals surface area contributed by atoms with Gasteiger partial charge in [0, 0.05) is 50.4 Å². The zero-order valence-corrected chi connectivity index (χ0v) is 13.4. The van der Waals surface area contributed by atoms with Gasteiger partial charge in [-0.15, -0.1) is 0 Å². The molecule has 126 valence electrons. The highest BCUT2D eigenvalue weighted by atomic mass is 16.2. The zero-order valence-electron chi connectivity index (χ0n) is 13.4. The third-order valence-corrected chi connectivity index (χ3v) is 4.99. The average molecular weight is 328 g/mol. The first kappa shape index (κ1) is 15.1. The van der Waals surface area contributed by atoms with E-state index in [1.54, 1.807) is 4.90 Å². The molecule has 7 heteroatoms. The van der Waals surface area contributed by atoms with Crippen molar-refractivity contribution in [3.05, 3.63) is 29.3 Å². The van der Waals surface area contributed by atoms with Crippen LogP contribution in [-0.2, 0) is 16.1 Å². The van der Waals surface area contributed by atoms with Gasteiger partial charge in [-0.2, -0.15) is 0 Å². The molecule has 2 saturated heterocycles. The molecule has 0 unspecified atom stereocenters. The Morgan fingerprint density at radius 3 is 2.62 bits per heavy atom.